The van der Waals surface area contributed by atoms with Crippen molar-refractivity contribution in [3.05, 3.63) is 30.3 Å². The number of urea groups is 1. The van der Waals surface area contributed by atoms with Crippen LogP contribution >= 0.6 is 0 Å². The van der Waals surface area contributed by atoms with Crippen LogP contribution in [0.4, 0.5) is 10.5 Å². The van der Waals surface area contributed by atoms with Gasteiger partial charge >= 0.3 is 12.0 Å². The molecule has 0 unspecified atom stereocenters. The highest BCUT2D eigenvalue weighted by Crippen LogP contribution is 2.56. The van der Waals surface area contributed by atoms with Crippen molar-refractivity contribution in [3.8, 4) is 0 Å². The van der Waals surface area contributed by atoms with Crippen LogP contribution in [0.15, 0.2) is 30.3 Å². The van der Waals surface area contributed by atoms with Crippen LogP contribution in [0.3, 0.4) is 0 Å². The largest absolute Gasteiger partial charge is 0.469 e. The summed E-state index contributed by atoms with van der Waals surface area (Å²) in [6.45, 7) is 2.47. The van der Waals surface area contributed by atoms with Crippen molar-refractivity contribution in [2.75, 3.05) is 18.6 Å². The number of hydrogen-bond donors (Lipinski definition) is 0. The molecule has 1 aromatic rings. The van der Waals surface area contributed by atoms with Crippen LogP contribution in [0.5, 0.6) is 0 Å². The van der Waals surface area contributed by atoms with Crippen molar-refractivity contribution >= 4 is 23.5 Å². The standard InChI is InChI=1S/C21H26N2O4/c1-3-4-10-21-17-11-15(24)12-18(21)23(14-8-6-5-7-9-14)20(26)22(21)13-16(17)19(25)27-2/h5-9,16-18H,3-4,10-13H2,1-2H3/t16-,17-,18-,21+/m1/s1. The third kappa shape index (κ3) is 2.49. The lowest BCUT2D eigenvalue weighted by Gasteiger charge is -2.45. The first kappa shape index (κ1) is 18.0. The second-order valence-corrected chi connectivity index (χ2v) is 7.89. The molecule has 4 atom stereocenters. The lowest BCUT2D eigenvalue weighted by Crippen LogP contribution is -2.57. The van der Waals surface area contributed by atoms with Crippen molar-refractivity contribution in [2.24, 2.45) is 11.8 Å². The van der Waals surface area contributed by atoms with Gasteiger partial charge in [0.2, 0.25) is 0 Å². The Kier molecular flexibility index (Phi) is 4.44. The molecule has 27 heavy (non-hydrogen) atoms. The maximum absolute atomic E-state index is 13.4. The summed E-state index contributed by atoms with van der Waals surface area (Å²) < 4.78 is 5.02. The first-order chi connectivity index (χ1) is 13.0. The normalized spacial score (nSPS) is 32.0. The number of methoxy groups -OCH3 is 1. The quantitative estimate of drug-likeness (QED) is 0.747. The monoisotopic (exact) mass is 370 g/mol. The summed E-state index contributed by atoms with van der Waals surface area (Å²) >= 11 is 0. The molecule has 0 N–H and O–H groups in total. The molecule has 6 nitrogen and oxygen atoms in total. The maximum atomic E-state index is 13.4. The van der Waals surface area contributed by atoms with Gasteiger partial charge in [0.15, 0.2) is 0 Å². The molecule has 2 heterocycles. The van der Waals surface area contributed by atoms with E-state index >= 15 is 0 Å². The van der Waals surface area contributed by atoms with E-state index in [2.05, 4.69) is 6.92 Å². The Balaban J connectivity index is 1.82. The first-order valence-corrected chi connectivity index (χ1v) is 9.80. The number of Topliss-reactive ketones (excluding diaryl/α,β-unsaturated/α-hetero) is 1. The minimum Gasteiger partial charge on any atom is -0.469 e. The summed E-state index contributed by atoms with van der Waals surface area (Å²) in [4.78, 5) is 42.2. The second kappa shape index (κ2) is 6.66. The van der Waals surface area contributed by atoms with Gasteiger partial charge in [0, 0.05) is 31.0 Å². The van der Waals surface area contributed by atoms with Crippen LogP contribution < -0.4 is 4.90 Å². The average Bonchev–Trinajstić information content (AvgIpc) is 3.13. The van der Waals surface area contributed by atoms with Crippen LogP contribution in [-0.2, 0) is 14.3 Å². The van der Waals surface area contributed by atoms with Crippen LogP contribution in [0.25, 0.3) is 0 Å². The molecule has 3 aliphatic rings. The molecule has 144 valence electrons. The van der Waals surface area contributed by atoms with Gasteiger partial charge in [-0.25, -0.2) is 4.79 Å². The molecule has 4 rings (SSSR count). The summed E-state index contributed by atoms with van der Waals surface area (Å²) in [6, 6.07) is 9.25. The second-order valence-electron chi connectivity index (χ2n) is 7.89. The number of amides is 2. The van der Waals surface area contributed by atoms with Gasteiger partial charge < -0.3 is 9.64 Å². The smallest absolute Gasteiger partial charge is 0.325 e. The molecule has 2 amide bonds. The molecule has 2 saturated heterocycles. The topological polar surface area (TPSA) is 66.9 Å². The molecule has 0 radical (unpaired) electrons. The Morgan fingerprint density at radius 2 is 1.96 bits per heavy atom. The summed E-state index contributed by atoms with van der Waals surface area (Å²) in [5.74, 6) is -0.762. The SMILES string of the molecule is CCCC[C@]12[C@@H]3CC(=O)C[C@H]1N(c1ccccc1)C(=O)N2C[C@H]3C(=O)OC. The van der Waals surface area contributed by atoms with Crippen LogP contribution in [-0.4, -0.2) is 47.9 Å². The van der Waals surface area contributed by atoms with Gasteiger partial charge in [-0.3, -0.25) is 14.5 Å². The lowest BCUT2D eigenvalue weighted by molar-refractivity contribution is -0.147. The number of hydrogen-bond acceptors (Lipinski definition) is 4. The van der Waals surface area contributed by atoms with Crippen molar-refractivity contribution in [3.63, 3.8) is 0 Å². The fourth-order valence-corrected chi connectivity index (χ4v) is 5.56. The minimum atomic E-state index is -0.463. The predicted octanol–water partition coefficient (Wildman–Crippen LogP) is 3.01. The van der Waals surface area contributed by atoms with E-state index < -0.39 is 11.5 Å². The molecule has 2 aliphatic heterocycles. The molecule has 6 heteroatoms. The zero-order valence-corrected chi connectivity index (χ0v) is 15.9. The van der Waals surface area contributed by atoms with Crippen molar-refractivity contribution in [2.45, 2.75) is 50.6 Å². The van der Waals surface area contributed by atoms with Crippen molar-refractivity contribution in [1.29, 1.82) is 0 Å². The van der Waals surface area contributed by atoms with Gasteiger partial charge in [0.1, 0.15) is 5.78 Å². The van der Waals surface area contributed by atoms with Gasteiger partial charge in [0.05, 0.1) is 24.6 Å². The Morgan fingerprint density at radius 3 is 2.63 bits per heavy atom. The third-order valence-electron chi connectivity index (χ3n) is 6.67. The Bertz CT molecular complexity index is 765. The fourth-order valence-electron chi connectivity index (χ4n) is 5.56. The van der Waals surface area contributed by atoms with Crippen LogP contribution in [0.2, 0.25) is 0 Å². The summed E-state index contributed by atoms with van der Waals surface area (Å²) in [7, 11) is 1.38. The number of benzene rings is 1. The Labute approximate surface area is 159 Å². The number of rotatable bonds is 5. The number of nitrogens with zero attached hydrogens (tertiary/aromatic N) is 2. The molecule has 0 aromatic heterocycles. The van der Waals surface area contributed by atoms with Crippen molar-refractivity contribution < 1.29 is 19.1 Å². The molecular weight excluding hydrogens is 344 g/mol. The van der Waals surface area contributed by atoms with E-state index in [1.54, 1.807) is 4.90 Å². The zero-order valence-electron chi connectivity index (χ0n) is 15.9. The minimum absolute atomic E-state index is 0.0894. The highest BCUT2D eigenvalue weighted by molar-refractivity contribution is 6.00. The molecule has 1 aliphatic carbocycles. The lowest BCUT2D eigenvalue weighted by atomic mass is 9.65. The maximum Gasteiger partial charge on any atom is 0.325 e. The van der Waals surface area contributed by atoms with E-state index in [0.717, 1.165) is 24.9 Å². The zero-order chi connectivity index (χ0) is 19.2. The third-order valence-corrected chi connectivity index (χ3v) is 6.67. The fraction of sp³-hybridized carbons (Fsp3) is 0.571. The van der Waals surface area contributed by atoms with E-state index in [1.807, 2.05) is 35.2 Å². The van der Waals surface area contributed by atoms with E-state index in [-0.39, 0.29) is 29.7 Å². The average molecular weight is 370 g/mol. The van der Waals surface area contributed by atoms with Gasteiger partial charge in [-0.05, 0) is 18.6 Å². The van der Waals surface area contributed by atoms with E-state index in [0.29, 0.717) is 19.4 Å². The van der Waals surface area contributed by atoms with E-state index in [9.17, 15) is 14.4 Å². The molecule has 1 saturated carbocycles. The van der Waals surface area contributed by atoms with Crippen LogP contribution in [0, 0.1) is 11.8 Å². The van der Waals surface area contributed by atoms with Gasteiger partial charge in [-0.2, -0.15) is 0 Å². The molecule has 1 aromatic carbocycles. The number of carbonyl (C=O) groups excluding carboxylic acids is 3. The number of ether oxygens (including phenoxy) is 1. The molecular formula is C21H26N2O4. The van der Waals surface area contributed by atoms with Gasteiger partial charge in [-0.15, -0.1) is 0 Å². The number of ketones is 1. The summed E-state index contributed by atoms with van der Waals surface area (Å²) in [5.41, 5.74) is 0.358. The number of carbonyl (C=O) groups is 3. The van der Waals surface area contributed by atoms with Gasteiger partial charge in [-0.1, -0.05) is 38.0 Å². The molecule has 3 fully saturated rings. The van der Waals surface area contributed by atoms with Crippen LogP contribution in [0.1, 0.15) is 39.0 Å². The number of para-hydroxylation sites is 1. The number of anilines is 1. The Hall–Kier alpha value is -2.37. The molecule has 0 bridgehead atoms. The van der Waals surface area contributed by atoms with E-state index in [1.165, 1.54) is 7.11 Å². The Morgan fingerprint density at radius 1 is 1.22 bits per heavy atom. The van der Waals surface area contributed by atoms with Gasteiger partial charge in [0.25, 0.3) is 0 Å². The van der Waals surface area contributed by atoms with E-state index in [4.69, 9.17) is 4.74 Å². The highest BCUT2D eigenvalue weighted by Gasteiger charge is 2.69. The first-order valence-electron chi connectivity index (χ1n) is 9.80. The summed E-state index contributed by atoms with van der Waals surface area (Å²) in [6.07, 6.45) is 3.49. The molecule has 0 spiro atoms. The summed E-state index contributed by atoms with van der Waals surface area (Å²) in [5, 5.41) is 0. The highest BCUT2D eigenvalue weighted by atomic mass is 16.5. The number of unbranched alkanes of at least 4 members (excludes halogenated alkanes) is 1. The number of esters is 1. The predicted molar refractivity (Wildman–Crippen MR) is 100 cm³/mol. The van der Waals surface area contributed by atoms with Crippen molar-refractivity contribution in [1.82, 2.24) is 4.90 Å².